The van der Waals surface area contributed by atoms with Gasteiger partial charge in [-0.15, -0.1) is 0 Å². The highest BCUT2D eigenvalue weighted by Gasteiger charge is 2.45. The third kappa shape index (κ3) is 6.14. The molecule has 2 aromatic rings. The fraction of sp³-hybridized carbons (Fsp3) is 0.448. The summed E-state index contributed by atoms with van der Waals surface area (Å²) in [6.07, 6.45) is 0.683. The largest absolute Gasteiger partial charge is 0.508 e. The highest BCUT2D eigenvalue weighted by molar-refractivity contribution is 6.46. The van der Waals surface area contributed by atoms with E-state index >= 15 is 0 Å². The van der Waals surface area contributed by atoms with Crippen molar-refractivity contribution in [2.75, 3.05) is 46.0 Å². The number of aromatic hydroxyl groups is 1. The zero-order valence-electron chi connectivity index (χ0n) is 21.8. The number of likely N-dealkylation sites (tertiary alicyclic amines) is 1. The number of rotatable bonds is 9. The van der Waals surface area contributed by atoms with Crippen LogP contribution in [-0.4, -0.2) is 77.7 Å². The molecule has 2 aliphatic rings. The molecule has 1 amide bonds. The predicted molar refractivity (Wildman–Crippen MR) is 141 cm³/mol. The lowest BCUT2D eigenvalue weighted by atomic mass is 9.94. The first-order valence-electron chi connectivity index (χ1n) is 12.9. The third-order valence-corrected chi connectivity index (χ3v) is 6.75. The van der Waals surface area contributed by atoms with Crippen molar-refractivity contribution in [3.05, 3.63) is 64.7 Å². The first-order chi connectivity index (χ1) is 17.8. The Kier molecular flexibility index (Phi) is 8.51. The Morgan fingerprint density at radius 2 is 1.78 bits per heavy atom. The summed E-state index contributed by atoms with van der Waals surface area (Å²) in [7, 11) is 0. The first kappa shape index (κ1) is 26.7. The van der Waals surface area contributed by atoms with Crippen molar-refractivity contribution < 1.29 is 29.3 Å². The second-order valence-electron chi connectivity index (χ2n) is 10.1. The highest BCUT2D eigenvalue weighted by atomic mass is 16.5. The Morgan fingerprint density at radius 1 is 1.08 bits per heavy atom. The molecule has 0 spiro atoms. The van der Waals surface area contributed by atoms with Crippen molar-refractivity contribution in [2.24, 2.45) is 5.92 Å². The van der Waals surface area contributed by atoms with Gasteiger partial charge < -0.3 is 24.6 Å². The lowest BCUT2D eigenvalue weighted by Gasteiger charge is -2.29. The Hall–Kier alpha value is -3.36. The Labute approximate surface area is 218 Å². The van der Waals surface area contributed by atoms with Crippen LogP contribution in [0.15, 0.2) is 48.0 Å². The maximum absolute atomic E-state index is 13.3. The summed E-state index contributed by atoms with van der Waals surface area (Å²) < 4.78 is 11.3. The van der Waals surface area contributed by atoms with Gasteiger partial charge in [0, 0.05) is 31.7 Å². The number of phenols is 1. The van der Waals surface area contributed by atoms with Gasteiger partial charge in [-0.05, 0) is 60.7 Å². The molecule has 1 unspecified atom stereocenters. The van der Waals surface area contributed by atoms with E-state index in [1.807, 2.05) is 6.92 Å². The molecule has 0 aliphatic carbocycles. The number of ether oxygens (including phenoxy) is 2. The van der Waals surface area contributed by atoms with Gasteiger partial charge in [-0.1, -0.05) is 26.0 Å². The van der Waals surface area contributed by atoms with E-state index in [2.05, 4.69) is 18.7 Å². The summed E-state index contributed by atoms with van der Waals surface area (Å²) in [4.78, 5) is 30.3. The average Bonchev–Trinajstić information content (AvgIpc) is 3.13. The first-order valence-corrected chi connectivity index (χ1v) is 12.9. The predicted octanol–water partition coefficient (Wildman–Crippen LogP) is 3.88. The fourth-order valence-electron chi connectivity index (χ4n) is 4.77. The molecule has 8 nitrogen and oxygen atoms in total. The Morgan fingerprint density at radius 3 is 2.43 bits per heavy atom. The molecule has 0 saturated carbocycles. The molecule has 0 bridgehead atoms. The van der Waals surface area contributed by atoms with Crippen molar-refractivity contribution >= 4 is 17.4 Å². The van der Waals surface area contributed by atoms with Gasteiger partial charge in [0.05, 0.1) is 31.4 Å². The summed E-state index contributed by atoms with van der Waals surface area (Å²) in [5, 5.41) is 21.1. The molecule has 2 aromatic carbocycles. The van der Waals surface area contributed by atoms with Gasteiger partial charge in [-0.2, -0.15) is 0 Å². The van der Waals surface area contributed by atoms with Gasteiger partial charge in [0.2, 0.25) is 0 Å². The molecule has 2 N–H and O–H groups in total. The van der Waals surface area contributed by atoms with Gasteiger partial charge in [0.25, 0.3) is 11.7 Å². The zero-order valence-corrected chi connectivity index (χ0v) is 21.8. The van der Waals surface area contributed by atoms with Gasteiger partial charge in [-0.3, -0.25) is 14.5 Å². The van der Waals surface area contributed by atoms with Crippen LogP contribution in [-0.2, 0) is 14.3 Å². The summed E-state index contributed by atoms with van der Waals surface area (Å²) in [6.45, 7) is 10.8. The summed E-state index contributed by atoms with van der Waals surface area (Å²) in [5.41, 5.74) is 1.98. The minimum atomic E-state index is -0.748. The number of Topliss-reactive ketones (excluding diaryl/α,β-unsaturated/α-hetero) is 1. The number of aliphatic hydroxyl groups is 1. The molecule has 2 aliphatic heterocycles. The van der Waals surface area contributed by atoms with Crippen molar-refractivity contribution in [1.82, 2.24) is 9.80 Å². The fourth-order valence-corrected chi connectivity index (χ4v) is 4.77. The minimum Gasteiger partial charge on any atom is -0.508 e. The second-order valence-corrected chi connectivity index (χ2v) is 10.1. The number of morpholine rings is 1. The number of nitrogens with zero attached hydrogens (tertiary/aromatic N) is 2. The number of aryl methyl sites for hydroxylation is 1. The van der Waals surface area contributed by atoms with Gasteiger partial charge in [0.15, 0.2) is 0 Å². The van der Waals surface area contributed by atoms with Gasteiger partial charge >= 0.3 is 0 Å². The van der Waals surface area contributed by atoms with Gasteiger partial charge in [-0.25, -0.2) is 0 Å². The van der Waals surface area contributed by atoms with Crippen LogP contribution in [0.25, 0.3) is 5.76 Å². The monoisotopic (exact) mass is 508 g/mol. The number of ketones is 1. The van der Waals surface area contributed by atoms with E-state index in [1.54, 1.807) is 30.3 Å². The smallest absolute Gasteiger partial charge is 0.295 e. The van der Waals surface area contributed by atoms with Crippen LogP contribution in [0.1, 0.15) is 43.0 Å². The normalized spacial score (nSPS) is 20.1. The van der Waals surface area contributed by atoms with Crippen molar-refractivity contribution in [3.8, 4) is 11.5 Å². The van der Waals surface area contributed by atoms with Crippen LogP contribution in [0.3, 0.4) is 0 Å². The third-order valence-electron chi connectivity index (χ3n) is 6.75. The lowest BCUT2D eigenvalue weighted by Crippen LogP contribution is -2.38. The molecule has 0 radical (unpaired) electrons. The molecule has 0 aromatic heterocycles. The minimum absolute atomic E-state index is 0.0531. The topological polar surface area (TPSA) is 99.5 Å². The number of carbonyl (C=O) groups excluding carboxylic acids is 2. The summed E-state index contributed by atoms with van der Waals surface area (Å²) in [6, 6.07) is 10.9. The van der Waals surface area contributed by atoms with E-state index in [0.717, 1.165) is 25.2 Å². The second kappa shape index (κ2) is 11.8. The number of carbonyl (C=O) groups is 2. The van der Waals surface area contributed by atoms with Crippen LogP contribution in [0.2, 0.25) is 0 Å². The molecule has 4 rings (SSSR count). The van der Waals surface area contributed by atoms with Crippen LogP contribution in [0.4, 0.5) is 0 Å². The molecule has 2 fully saturated rings. The molecule has 1 atom stereocenters. The number of aliphatic hydroxyl groups excluding tert-OH is 1. The molecule has 2 heterocycles. The van der Waals surface area contributed by atoms with Crippen molar-refractivity contribution in [1.29, 1.82) is 0 Å². The SMILES string of the molecule is Cc1cc(/C(O)=C2\C(=O)C(=O)N(CCCN3CCOCC3)C2c2ccc(O)cc2)ccc1OCC(C)C. The van der Waals surface area contributed by atoms with E-state index in [0.29, 0.717) is 55.6 Å². The molecular formula is C29H36N2O6. The number of hydrogen-bond donors (Lipinski definition) is 2. The van der Waals surface area contributed by atoms with Crippen LogP contribution >= 0.6 is 0 Å². The highest BCUT2D eigenvalue weighted by Crippen LogP contribution is 2.40. The van der Waals surface area contributed by atoms with Crippen molar-refractivity contribution in [2.45, 2.75) is 33.2 Å². The van der Waals surface area contributed by atoms with Crippen LogP contribution < -0.4 is 4.74 Å². The Bertz CT molecular complexity index is 1150. The maximum atomic E-state index is 13.3. The number of hydrogen-bond acceptors (Lipinski definition) is 7. The Balaban J connectivity index is 1.65. The van der Waals surface area contributed by atoms with Crippen molar-refractivity contribution in [3.63, 3.8) is 0 Å². The quantitative estimate of drug-likeness (QED) is 0.301. The zero-order chi connectivity index (χ0) is 26.5. The van der Waals surface area contributed by atoms with Crippen LogP contribution in [0.5, 0.6) is 11.5 Å². The molecule has 8 heteroatoms. The van der Waals surface area contributed by atoms with E-state index in [-0.39, 0.29) is 17.1 Å². The van der Waals surface area contributed by atoms with E-state index in [4.69, 9.17) is 9.47 Å². The van der Waals surface area contributed by atoms with Gasteiger partial charge in [0.1, 0.15) is 17.3 Å². The molecule has 37 heavy (non-hydrogen) atoms. The summed E-state index contributed by atoms with van der Waals surface area (Å²) >= 11 is 0. The average molecular weight is 509 g/mol. The lowest BCUT2D eigenvalue weighted by molar-refractivity contribution is -0.140. The maximum Gasteiger partial charge on any atom is 0.295 e. The van der Waals surface area contributed by atoms with E-state index in [1.165, 1.54) is 17.0 Å². The number of benzene rings is 2. The van der Waals surface area contributed by atoms with E-state index in [9.17, 15) is 19.8 Å². The number of amides is 1. The molecular weight excluding hydrogens is 472 g/mol. The van der Waals surface area contributed by atoms with Crippen LogP contribution in [0, 0.1) is 12.8 Å². The van der Waals surface area contributed by atoms with E-state index < -0.39 is 17.7 Å². The summed E-state index contributed by atoms with van der Waals surface area (Å²) in [5.74, 6) is -0.387. The molecule has 2 saturated heterocycles. The standard InChI is InChI=1S/C29H36N2O6/c1-19(2)18-37-24-10-7-22(17-20(24)3)27(33)25-26(21-5-8-23(32)9-6-21)31(29(35)28(25)34)12-4-11-30-13-15-36-16-14-30/h5-10,17,19,26,32-33H,4,11-16,18H2,1-3H3/b27-25+. The number of phenolic OH excluding ortho intramolecular Hbond substituents is 1. The molecule has 198 valence electrons.